The average molecular weight is 297 g/mol. The first-order valence-corrected chi connectivity index (χ1v) is 7.86. The molecule has 1 heterocycles. The van der Waals surface area contributed by atoms with Crippen molar-refractivity contribution in [3.05, 3.63) is 54.1 Å². The van der Waals surface area contributed by atoms with Crippen molar-refractivity contribution >= 4 is 17.4 Å². The van der Waals surface area contributed by atoms with Crippen molar-refractivity contribution < 1.29 is 9.59 Å². The zero-order valence-electron chi connectivity index (χ0n) is 13.1. The minimum absolute atomic E-state index is 0.170. The van der Waals surface area contributed by atoms with Gasteiger partial charge in [0.15, 0.2) is 0 Å². The van der Waals surface area contributed by atoms with Gasteiger partial charge in [0.1, 0.15) is 0 Å². The van der Waals surface area contributed by atoms with Gasteiger partial charge in [0.25, 0.3) is 11.8 Å². The van der Waals surface area contributed by atoms with Gasteiger partial charge in [-0.25, -0.2) is 0 Å². The minimum Gasteiger partial charge on any atom is -0.289 e. The number of nitrogens with one attached hydrogen (secondary N) is 1. The minimum atomic E-state index is -0.245. The predicted molar refractivity (Wildman–Crippen MR) is 89.0 cm³/mol. The molecule has 1 aliphatic carbocycles. The van der Waals surface area contributed by atoms with Crippen LogP contribution in [0.3, 0.4) is 0 Å². The number of carbonyl (C=O) groups excluding carboxylic acids is 2. The standard InChI is InChI=1S/C10H13NO2.C9H10/c12-9-6-8(10(13)11-9)7-4-2-1-3-5-7;1-8(2)9-6-4-3-5-7-9/h6-7H,1-5H2,(H,11,12,13);3-7H,1H2,2H3. The Kier molecular flexibility index (Phi) is 5.70. The Morgan fingerprint density at radius 3 is 2.18 bits per heavy atom. The molecule has 1 aliphatic heterocycles. The van der Waals surface area contributed by atoms with Gasteiger partial charge in [-0.2, -0.15) is 0 Å². The quantitative estimate of drug-likeness (QED) is 0.842. The Morgan fingerprint density at radius 2 is 1.73 bits per heavy atom. The van der Waals surface area contributed by atoms with Crippen LogP contribution in [0.4, 0.5) is 0 Å². The number of hydrogen-bond acceptors (Lipinski definition) is 2. The summed E-state index contributed by atoms with van der Waals surface area (Å²) >= 11 is 0. The van der Waals surface area contributed by atoms with Gasteiger partial charge in [0, 0.05) is 11.6 Å². The van der Waals surface area contributed by atoms with Crippen LogP contribution in [0, 0.1) is 5.92 Å². The number of hydrogen-bond donors (Lipinski definition) is 1. The zero-order valence-corrected chi connectivity index (χ0v) is 13.1. The maximum atomic E-state index is 11.3. The van der Waals surface area contributed by atoms with E-state index in [-0.39, 0.29) is 11.8 Å². The van der Waals surface area contributed by atoms with Crippen LogP contribution in [-0.4, -0.2) is 11.8 Å². The van der Waals surface area contributed by atoms with E-state index in [0.29, 0.717) is 11.5 Å². The molecule has 3 heteroatoms. The molecule has 116 valence electrons. The molecule has 1 aromatic rings. The molecule has 0 saturated heterocycles. The van der Waals surface area contributed by atoms with Gasteiger partial charge in [0.05, 0.1) is 0 Å². The summed E-state index contributed by atoms with van der Waals surface area (Å²) in [4.78, 5) is 22.2. The van der Waals surface area contributed by atoms with Crippen molar-refractivity contribution in [2.75, 3.05) is 0 Å². The van der Waals surface area contributed by atoms with Crippen LogP contribution >= 0.6 is 0 Å². The first-order chi connectivity index (χ1) is 10.6. The van der Waals surface area contributed by atoms with Gasteiger partial charge in [-0.1, -0.05) is 61.7 Å². The second-order valence-corrected chi connectivity index (χ2v) is 5.90. The summed E-state index contributed by atoms with van der Waals surface area (Å²) in [7, 11) is 0. The average Bonchev–Trinajstić information content (AvgIpc) is 2.88. The maximum absolute atomic E-state index is 11.3. The molecule has 0 spiro atoms. The van der Waals surface area contributed by atoms with Crippen molar-refractivity contribution in [3.63, 3.8) is 0 Å². The number of rotatable bonds is 2. The van der Waals surface area contributed by atoms with Gasteiger partial charge in [-0.05, 0) is 31.2 Å². The lowest BCUT2D eigenvalue weighted by Crippen LogP contribution is -2.24. The van der Waals surface area contributed by atoms with Crippen molar-refractivity contribution in [1.29, 1.82) is 0 Å². The third kappa shape index (κ3) is 4.42. The molecule has 1 saturated carbocycles. The van der Waals surface area contributed by atoms with E-state index in [4.69, 9.17) is 0 Å². The van der Waals surface area contributed by atoms with Crippen LogP contribution in [0.2, 0.25) is 0 Å². The van der Waals surface area contributed by atoms with Gasteiger partial charge in [0.2, 0.25) is 0 Å². The second kappa shape index (κ2) is 7.74. The molecule has 1 aromatic carbocycles. The van der Waals surface area contributed by atoms with Crippen LogP contribution in [0.25, 0.3) is 5.57 Å². The van der Waals surface area contributed by atoms with Gasteiger partial charge in [-0.3, -0.25) is 14.9 Å². The van der Waals surface area contributed by atoms with Gasteiger partial charge in [-0.15, -0.1) is 0 Å². The number of carbonyl (C=O) groups is 2. The van der Waals surface area contributed by atoms with Crippen LogP contribution in [-0.2, 0) is 9.59 Å². The molecule has 0 aromatic heterocycles. The Morgan fingerprint density at radius 1 is 1.09 bits per heavy atom. The molecule has 0 bridgehead atoms. The molecule has 1 N–H and O–H groups in total. The van der Waals surface area contributed by atoms with Crippen LogP contribution in [0.15, 0.2) is 48.6 Å². The first-order valence-electron chi connectivity index (χ1n) is 7.86. The van der Waals surface area contributed by atoms with E-state index in [0.717, 1.165) is 18.4 Å². The summed E-state index contributed by atoms with van der Waals surface area (Å²) in [6.45, 7) is 5.83. The smallest absolute Gasteiger partial charge is 0.254 e. The molecule has 3 nitrogen and oxygen atoms in total. The van der Waals surface area contributed by atoms with Crippen molar-refractivity contribution in [3.8, 4) is 0 Å². The van der Waals surface area contributed by atoms with E-state index in [2.05, 4.69) is 24.0 Å². The molecule has 2 aliphatic rings. The van der Waals surface area contributed by atoms with Gasteiger partial charge < -0.3 is 0 Å². The molecular weight excluding hydrogens is 274 g/mol. The highest BCUT2D eigenvalue weighted by molar-refractivity contribution is 6.16. The Bertz CT molecular complexity index is 581. The monoisotopic (exact) mass is 297 g/mol. The van der Waals surface area contributed by atoms with E-state index in [1.54, 1.807) is 0 Å². The summed E-state index contributed by atoms with van der Waals surface area (Å²) in [5, 5.41) is 2.29. The van der Waals surface area contributed by atoms with Gasteiger partial charge >= 0.3 is 0 Å². The Hall–Kier alpha value is -2.16. The molecule has 0 radical (unpaired) electrons. The summed E-state index contributed by atoms with van der Waals surface area (Å²) in [5.41, 5.74) is 3.05. The lowest BCUT2D eigenvalue weighted by molar-refractivity contribution is -0.124. The third-order valence-corrected chi connectivity index (χ3v) is 4.10. The van der Waals surface area contributed by atoms with E-state index < -0.39 is 0 Å². The molecule has 2 amide bonds. The number of amides is 2. The van der Waals surface area contributed by atoms with E-state index in [1.165, 1.54) is 30.9 Å². The van der Waals surface area contributed by atoms with Crippen molar-refractivity contribution in [2.45, 2.75) is 39.0 Å². The summed E-state index contributed by atoms with van der Waals surface area (Å²) in [6.07, 6.45) is 7.23. The van der Waals surface area contributed by atoms with E-state index >= 15 is 0 Å². The molecule has 0 unspecified atom stereocenters. The third-order valence-electron chi connectivity index (χ3n) is 4.10. The molecule has 0 atom stereocenters. The number of benzene rings is 1. The van der Waals surface area contributed by atoms with Crippen LogP contribution < -0.4 is 5.32 Å². The fourth-order valence-corrected chi connectivity index (χ4v) is 2.87. The SMILES string of the molecule is C=C(C)c1ccccc1.O=C1C=C(C2CCCCC2)C(=O)N1. The highest BCUT2D eigenvalue weighted by Gasteiger charge is 2.28. The fourth-order valence-electron chi connectivity index (χ4n) is 2.87. The lowest BCUT2D eigenvalue weighted by atomic mass is 9.84. The Labute approximate surface area is 132 Å². The zero-order chi connectivity index (χ0) is 15.9. The summed E-state index contributed by atoms with van der Waals surface area (Å²) < 4.78 is 0. The molecule has 1 fully saturated rings. The summed E-state index contributed by atoms with van der Waals surface area (Å²) in [6, 6.07) is 10.2. The normalized spacial score (nSPS) is 18.1. The topological polar surface area (TPSA) is 46.2 Å². The molecule has 3 rings (SSSR count). The van der Waals surface area contributed by atoms with Crippen LogP contribution in [0.1, 0.15) is 44.6 Å². The van der Waals surface area contributed by atoms with E-state index in [9.17, 15) is 9.59 Å². The highest BCUT2D eigenvalue weighted by atomic mass is 16.2. The van der Waals surface area contributed by atoms with E-state index in [1.807, 2.05) is 25.1 Å². The Balaban J connectivity index is 0.000000172. The largest absolute Gasteiger partial charge is 0.289 e. The summed E-state index contributed by atoms with van der Waals surface area (Å²) in [5.74, 6) is -0.0809. The molecular formula is C19H23NO2. The second-order valence-electron chi connectivity index (χ2n) is 5.90. The molecule has 22 heavy (non-hydrogen) atoms. The van der Waals surface area contributed by atoms with Crippen molar-refractivity contribution in [2.24, 2.45) is 5.92 Å². The number of imide groups is 1. The maximum Gasteiger partial charge on any atom is 0.254 e. The van der Waals surface area contributed by atoms with Crippen molar-refractivity contribution in [1.82, 2.24) is 5.32 Å². The number of allylic oxidation sites excluding steroid dienone is 1. The predicted octanol–water partition coefficient (Wildman–Crippen LogP) is 3.87. The fraction of sp³-hybridized carbons (Fsp3) is 0.368. The van der Waals surface area contributed by atoms with Crippen LogP contribution in [0.5, 0.6) is 0 Å². The highest BCUT2D eigenvalue weighted by Crippen LogP contribution is 2.30. The first kappa shape index (κ1) is 16.2. The lowest BCUT2D eigenvalue weighted by Gasteiger charge is -2.21.